The molecule has 1 fully saturated rings. The number of benzene rings is 1. The number of nitrogens with two attached hydrogens (primary N) is 1. The van der Waals surface area contributed by atoms with E-state index in [9.17, 15) is 19.2 Å². The zero-order valence-electron chi connectivity index (χ0n) is 26.9. The van der Waals surface area contributed by atoms with Gasteiger partial charge in [-0.05, 0) is 42.3 Å². The smallest absolute Gasteiger partial charge is 0.306 e. The Morgan fingerprint density at radius 1 is 1.12 bits per heavy atom. The fraction of sp³-hybridized carbons (Fsp3) is 0.606. The Morgan fingerprint density at radius 2 is 1.77 bits per heavy atom. The van der Waals surface area contributed by atoms with Crippen LogP contribution in [0.4, 0.5) is 0 Å². The van der Waals surface area contributed by atoms with Gasteiger partial charge in [0.1, 0.15) is 12.1 Å². The third-order valence-electron chi connectivity index (χ3n) is 7.86. The second kappa shape index (κ2) is 14.1. The fourth-order valence-electron chi connectivity index (χ4n) is 5.18. The molecule has 2 heterocycles. The van der Waals surface area contributed by atoms with Crippen LogP contribution in [0.5, 0.6) is 0 Å². The van der Waals surface area contributed by atoms with Gasteiger partial charge in [0.2, 0.25) is 11.8 Å². The predicted octanol–water partition coefficient (Wildman–Crippen LogP) is 5.01. The zero-order chi connectivity index (χ0) is 32.1. The molecular weight excluding hydrogens is 564 g/mol. The lowest BCUT2D eigenvalue weighted by molar-refractivity contribution is -0.149. The summed E-state index contributed by atoms with van der Waals surface area (Å²) in [6.45, 7) is 15.5. The van der Waals surface area contributed by atoms with Crippen LogP contribution in [0.3, 0.4) is 0 Å². The first-order valence-electron chi connectivity index (χ1n) is 15.1. The van der Waals surface area contributed by atoms with Crippen LogP contribution in [-0.2, 0) is 23.9 Å². The summed E-state index contributed by atoms with van der Waals surface area (Å²) in [5.41, 5.74) is 9.14. The van der Waals surface area contributed by atoms with Gasteiger partial charge in [-0.3, -0.25) is 19.2 Å². The Labute approximate surface area is 260 Å². The van der Waals surface area contributed by atoms with Crippen LogP contribution in [0, 0.1) is 17.8 Å². The molecule has 2 amide bonds. The molecule has 1 aliphatic heterocycles. The normalized spacial score (nSPS) is 18.7. The Bertz CT molecular complexity index is 1290. The topological polar surface area (TPSA) is 132 Å². The van der Waals surface area contributed by atoms with E-state index in [2.05, 4.69) is 10.3 Å². The number of likely N-dealkylation sites (tertiary alicyclic amines) is 1. The molecule has 3 rings (SSSR count). The van der Waals surface area contributed by atoms with E-state index in [0.717, 1.165) is 21.7 Å². The van der Waals surface area contributed by atoms with Crippen LogP contribution in [0.25, 0.3) is 10.4 Å². The van der Waals surface area contributed by atoms with E-state index >= 15 is 0 Å². The Kier molecular flexibility index (Phi) is 11.3. The molecule has 2 aromatic rings. The van der Waals surface area contributed by atoms with Gasteiger partial charge < -0.3 is 20.7 Å². The minimum Gasteiger partial charge on any atom is -0.460 e. The van der Waals surface area contributed by atoms with Crippen LogP contribution in [0.1, 0.15) is 91.3 Å². The molecule has 1 aliphatic rings. The Morgan fingerprint density at radius 3 is 2.30 bits per heavy atom. The van der Waals surface area contributed by atoms with Gasteiger partial charge in [0, 0.05) is 24.7 Å². The largest absolute Gasteiger partial charge is 0.460 e. The number of Topliss-reactive ketones (excluding diaryl/α,β-unsaturated/α-hetero) is 1. The van der Waals surface area contributed by atoms with E-state index in [-0.39, 0.29) is 49.3 Å². The molecule has 1 aromatic carbocycles. The van der Waals surface area contributed by atoms with Gasteiger partial charge in [-0.15, -0.1) is 11.3 Å². The van der Waals surface area contributed by atoms with Gasteiger partial charge in [0.05, 0.1) is 28.7 Å². The van der Waals surface area contributed by atoms with Crippen LogP contribution in [0.2, 0.25) is 0 Å². The monoisotopic (exact) mass is 612 g/mol. The molecule has 10 heteroatoms. The molecule has 1 aromatic heterocycles. The molecule has 0 saturated carbocycles. The first-order chi connectivity index (χ1) is 20.0. The summed E-state index contributed by atoms with van der Waals surface area (Å²) >= 11 is 1.59. The maximum atomic E-state index is 14.1. The maximum absolute atomic E-state index is 14.1. The average molecular weight is 613 g/mol. The number of aromatic nitrogens is 1. The van der Waals surface area contributed by atoms with Crippen molar-refractivity contribution < 1.29 is 23.9 Å². The van der Waals surface area contributed by atoms with E-state index in [1.165, 1.54) is 4.90 Å². The van der Waals surface area contributed by atoms with E-state index < -0.39 is 35.0 Å². The molecule has 9 nitrogen and oxygen atoms in total. The lowest BCUT2D eigenvalue weighted by atomic mass is 9.84. The standard InChI is InChI=1S/C33H48N4O5S/c1-20(22-11-13-23(14-12-22)28-21(2)35-19-43-28)16-26(38)25-17-24(42-27(39)10-9-15-34)18-37(25)30(40)29(32(3,4)5)36-31(41)33(6,7)8/h11-14,19-20,24-25,29H,9-10,15-18,34H2,1-8H3,(H,36,41). The summed E-state index contributed by atoms with van der Waals surface area (Å²) in [6.07, 6.45) is 0.509. The van der Waals surface area contributed by atoms with Gasteiger partial charge in [0.25, 0.3) is 0 Å². The van der Waals surface area contributed by atoms with Gasteiger partial charge in [-0.1, -0.05) is 72.7 Å². The van der Waals surface area contributed by atoms with Crippen molar-refractivity contribution in [2.45, 2.75) is 105 Å². The Balaban J connectivity index is 1.82. The number of ketones is 1. The van der Waals surface area contributed by atoms with E-state index in [1.54, 1.807) is 32.1 Å². The molecule has 0 bridgehead atoms. The number of nitrogens with one attached hydrogen (secondary N) is 1. The predicted molar refractivity (Wildman–Crippen MR) is 169 cm³/mol. The third kappa shape index (κ3) is 8.95. The maximum Gasteiger partial charge on any atom is 0.306 e. The molecule has 236 valence electrons. The van der Waals surface area contributed by atoms with Gasteiger partial charge in [-0.2, -0.15) is 0 Å². The highest BCUT2D eigenvalue weighted by Crippen LogP contribution is 2.32. The minimum absolute atomic E-state index is 0.0915. The molecule has 1 saturated heterocycles. The quantitative estimate of drug-likeness (QED) is 0.341. The number of hydrogen-bond acceptors (Lipinski definition) is 8. The summed E-state index contributed by atoms with van der Waals surface area (Å²) in [7, 11) is 0. The molecule has 0 spiro atoms. The summed E-state index contributed by atoms with van der Waals surface area (Å²) in [5.74, 6) is -1.18. The van der Waals surface area contributed by atoms with Gasteiger partial charge >= 0.3 is 5.97 Å². The first kappa shape index (κ1) is 34.4. The molecule has 4 unspecified atom stereocenters. The van der Waals surface area contributed by atoms with Gasteiger partial charge in [-0.25, -0.2) is 4.98 Å². The highest BCUT2D eigenvalue weighted by molar-refractivity contribution is 7.13. The van der Waals surface area contributed by atoms with E-state index in [4.69, 9.17) is 10.5 Å². The number of ether oxygens (including phenoxy) is 1. The average Bonchev–Trinajstić information content (AvgIpc) is 3.55. The third-order valence-corrected chi connectivity index (χ3v) is 8.84. The molecule has 0 aliphatic carbocycles. The number of nitrogens with zero attached hydrogens (tertiary/aromatic N) is 2. The summed E-state index contributed by atoms with van der Waals surface area (Å²) in [4.78, 5) is 60.3. The molecular formula is C33H48N4O5S. The number of esters is 1. The van der Waals surface area contributed by atoms with Crippen molar-refractivity contribution in [3.63, 3.8) is 0 Å². The lowest BCUT2D eigenvalue weighted by Gasteiger charge is -2.36. The number of thiazole rings is 1. The van der Waals surface area contributed by atoms with Crippen LogP contribution in [-0.4, -0.2) is 64.7 Å². The van der Waals surface area contributed by atoms with Crippen LogP contribution in [0.15, 0.2) is 29.8 Å². The molecule has 4 atom stereocenters. The molecule has 0 radical (unpaired) electrons. The Hall–Kier alpha value is -3.11. The van der Waals surface area contributed by atoms with Crippen molar-refractivity contribution >= 4 is 34.9 Å². The van der Waals surface area contributed by atoms with Crippen molar-refractivity contribution in [2.75, 3.05) is 13.1 Å². The van der Waals surface area contributed by atoms with Crippen LogP contribution < -0.4 is 11.1 Å². The van der Waals surface area contributed by atoms with Crippen LogP contribution >= 0.6 is 11.3 Å². The molecule has 43 heavy (non-hydrogen) atoms. The molecule has 3 N–H and O–H groups in total. The summed E-state index contributed by atoms with van der Waals surface area (Å²) in [5, 5.41) is 2.94. The van der Waals surface area contributed by atoms with E-state index in [1.807, 2.05) is 64.4 Å². The summed E-state index contributed by atoms with van der Waals surface area (Å²) in [6, 6.07) is 6.53. The van der Waals surface area contributed by atoms with Crippen molar-refractivity contribution in [3.8, 4) is 10.4 Å². The lowest BCUT2D eigenvalue weighted by Crippen LogP contribution is -2.58. The highest BCUT2D eigenvalue weighted by atomic mass is 32.1. The SMILES string of the molecule is Cc1ncsc1-c1ccc(C(C)CC(=O)C2CC(OC(=O)CCCN)CN2C(=O)C(NC(=O)C(C)(C)C)C(C)(C)C)cc1. The second-order valence-electron chi connectivity index (χ2n) is 13.7. The van der Waals surface area contributed by atoms with Gasteiger partial charge in [0.15, 0.2) is 5.78 Å². The van der Waals surface area contributed by atoms with Crippen molar-refractivity contribution in [1.82, 2.24) is 15.2 Å². The van der Waals surface area contributed by atoms with Crippen molar-refractivity contribution in [2.24, 2.45) is 16.6 Å². The van der Waals surface area contributed by atoms with Crippen molar-refractivity contribution in [1.29, 1.82) is 0 Å². The number of carbonyl (C=O) groups excluding carboxylic acids is 4. The minimum atomic E-state index is -0.860. The zero-order valence-corrected chi connectivity index (χ0v) is 27.7. The number of amides is 2. The number of carbonyl (C=O) groups is 4. The summed E-state index contributed by atoms with van der Waals surface area (Å²) < 4.78 is 5.69. The number of rotatable bonds is 11. The fourth-order valence-corrected chi connectivity index (χ4v) is 5.99. The highest BCUT2D eigenvalue weighted by Gasteiger charge is 2.46. The van der Waals surface area contributed by atoms with Crippen molar-refractivity contribution in [3.05, 3.63) is 41.0 Å². The second-order valence-corrected chi connectivity index (χ2v) is 14.6. The number of aryl methyl sites for hydroxylation is 1. The van der Waals surface area contributed by atoms with E-state index in [0.29, 0.717) is 13.0 Å². The number of hydrogen-bond donors (Lipinski definition) is 2. The first-order valence-corrected chi connectivity index (χ1v) is 15.9.